The van der Waals surface area contributed by atoms with Crippen molar-refractivity contribution in [3.05, 3.63) is 63.1 Å². The van der Waals surface area contributed by atoms with Crippen molar-refractivity contribution in [2.45, 2.75) is 13.3 Å². The number of rotatable bonds is 4. The molecule has 4 heteroatoms. The number of methoxy groups -OCH3 is 1. The molecule has 0 heterocycles. The summed E-state index contributed by atoms with van der Waals surface area (Å²) in [5, 5.41) is 0.876. The predicted molar refractivity (Wildman–Crippen MR) is 82.2 cm³/mol. The molecular weight excluding hydrogens is 295 g/mol. The van der Waals surface area contributed by atoms with Crippen LogP contribution in [0.25, 0.3) is 0 Å². The fraction of sp³-hybridized carbons (Fsp3) is 0.188. The van der Waals surface area contributed by atoms with Crippen LogP contribution in [-0.2, 0) is 6.42 Å². The summed E-state index contributed by atoms with van der Waals surface area (Å²) in [5.41, 5.74) is 2.31. The molecule has 104 valence electrons. The van der Waals surface area contributed by atoms with Gasteiger partial charge in [-0.05, 0) is 36.2 Å². The Morgan fingerprint density at radius 3 is 2.65 bits per heavy atom. The summed E-state index contributed by atoms with van der Waals surface area (Å²) in [6.07, 6.45) is 0.193. The molecule has 0 spiro atoms. The number of hydrogen-bond donors (Lipinski definition) is 0. The van der Waals surface area contributed by atoms with E-state index in [9.17, 15) is 4.79 Å². The number of carbonyl (C=O) groups excluding carboxylic acids is 1. The van der Waals surface area contributed by atoms with Crippen LogP contribution in [0.5, 0.6) is 5.75 Å². The van der Waals surface area contributed by atoms with Crippen LogP contribution in [0.2, 0.25) is 10.0 Å². The van der Waals surface area contributed by atoms with Gasteiger partial charge in [0.25, 0.3) is 0 Å². The minimum absolute atomic E-state index is 0.0500. The second-order valence-corrected chi connectivity index (χ2v) is 5.30. The number of aryl methyl sites for hydroxylation is 1. The van der Waals surface area contributed by atoms with Gasteiger partial charge < -0.3 is 4.74 Å². The molecule has 0 aliphatic carbocycles. The van der Waals surface area contributed by atoms with Crippen LogP contribution in [0.1, 0.15) is 21.5 Å². The average molecular weight is 309 g/mol. The number of ether oxygens (including phenoxy) is 1. The molecule has 0 fully saturated rings. The van der Waals surface area contributed by atoms with Gasteiger partial charge in [0, 0.05) is 6.42 Å². The number of ketones is 1. The van der Waals surface area contributed by atoms with Gasteiger partial charge in [0.15, 0.2) is 5.78 Å². The van der Waals surface area contributed by atoms with Crippen molar-refractivity contribution in [3.8, 4) is 5.75 Å². The molecule has 20 heavy (non-hydrogen) atoms. The lowest BCUT2D eigenvalue weighted by Crippen LogP contribution is -2.06. The molecule has 2 rings (SSSR count). The smallest absolute Gasteiger partial charge is 0.171 e. The quantitative estimate of drug-likeness (QED) is 0.763. The van der Waals surface area contributed by atoms with Gasteiger partial charge in [-0.1, -0.05) is 41.4 Å². The maximum absolute atomic E-state index is 12.4. The summed E-state index contributed by atoms with van der Waals surface area (Å²) in [5.74, 6) is 0.527. The van der Waals surface area contributed by atoms with E-state index in [4.69, 9.17) is 27.9 Å². The zero-order valence-electron chi connectivity index (χ0n) is 11.2. The first-order valence-corrected chi connectivity index (χ1v) is 6.89. The van der Waals surface area contributed by atoms with Crippen molar-refractivity contribution < 1.29 is 9.53 Å². The Morgan fingerprint density at radius 1 is 1.20 bits per heavy atom. The maximum Gasteiger partial charge on any atom is 0.171 e. The Morgan fingerprint density at radius 2 is 1.95 bits per heavy atom. The minimum Gasteiger partial charge on any atom is -0.496 e. The molecule has 0 aromatic heterocycles. The molecule has 0 unspecified atom stereocenters. The van der Waals surface area contributed by atoms with E-state index in [1.165, 1.54) is 0 Å². The Kier molecular flexibility index (Phi) is 4.69. The fourth-order valence-corrected chi connectivity index (χ4v) is 2.37. The van der Waals surface area contributed by atoms with Crippen molar-refractivity contribution in [2.75, 3.05) is 7.11 Å². The highest BCUT2D eigenvalue weighted by Gasteiger charge is 2.15. The summed E-state index contributed by atoms with van der Waals surface area (Å²) in [6, 6.07) is 10.8. The molecule has 2 aromatic rings. The van der Waals surface area contributed by atoms with Crippen molar-refractivity contribution >= 4 is 29.0 Å². The Bertz CT molecular complexity index is 651. The summed E-state index contributed by atoms with van der Waals surface area (Å²) in [4.78, 5) is 12.4. The van der Waals surface area contributed by atoms with E-state index in [1.54, 1.807) is 31.4 Å². The molecule has 2 aromatic carbocycles. The van der Waals surface area contributed by atoms with E-state index in [0.717, 1.165) is 5.56 Å². The second kappa shape index (κ2) is 6.29. The van der Waals surface area contributed by atoms with Crippen molar-refractivity contribution in [3.63, 3.8) is 0 Å². The first-order valence-electron chi connectivity index (χ1n) is 6.13. The molecule has 0 atom stereocenters. The minimum atomic E-state index is -0.0500. The highest BCUT2D eigenvalue weighted by atomic mass is 35.5. The number of halogens is 2. The van der Waals surface area contributed by atoms with Crippen LogP contribution in [0.3, 0.4) is 0 Å². The maximum atomic E-state index is 12.4. The molecule has 0 aliphatic heterocycles. The van der Waals surface area contributed by atoms with E-state index in [1.807, 2.05) is 19.1 Å². The Labute approximate surface area is 128 Å². The topological polar surface area (TPSA) is 26.3 Å². The average Bonchev–Trinajstić information content (AvgIpc) is 2.43. The molecule has 0 radical (unpaired) electrons. The largest absolute Gasteiger partial charge is 0.496 e. The molecule has 2 nitrogen and oxygen atoms in total. The van der Waals surface area contributed by atoms with Gasteiger partial charge in [-0.15, -0.1) is 0 Å². The van der Waals surface area contributed by atoms with Gasteiger partial charge in [-0.3, -0.25) is 4.79 Å². The number of benzene rings is 2. The highest BCUT2D eigenvalue weighted by Crippen LogP contribution is 2.28. The van der Waals surface area contributed by atoms with Gasteiger partial charge >= 0.3 is 0 Å². The SMILES string of the molecule is COc1cc(C)ccc1C(=O)Cc1cccc(Cl)c1Cl. The van der Waals surface area contributed by atoms with E-state index in [-0.39, 0.29) is 12.2 Å². The van der Waals surface area contributed by atoms with Crippen LogP contribution in [0.15, 0.2) is 36.4 Å². The molecule has 0 saturated carbocycles. The predicted octanol–water partition coefficient (Wildman–Crippen LogP) is 4.74. The lowest BCUT2D eigenvalue weighted by Gasteiger charge is -2.10. The van der Waals surface area contributed by atoms with Gasteiger partial charge in [0.2, 0.25) is 0 Å². The molecule has 0 bridgehead atoms. The number of Topliss-reactive ketones (excluding diaryl/α,β-unsaturated/α-hetero) is 1. The van der Waals surface area contributed by atoms with Gasteiger partial charge in [-0.25, -0.2) is 0 Å². The van der Waals surface area contributed by atoms with Crippen LogP contribution >= 0.6 is 23.2 Å². The van der Waals surface area contributed by atoms with E-state index in [0.29, 0.717) is 26.9 Å². The van der Waals surface area contributed by atoms with Crippen LogP contribution in [-0.4, -0.2) is 12.9 Å². The molecule has 0 aliphatic rings. The Balaban J connectivity index is 2.31. The lowest BCUT2D eigenvalue weighted by atomic mass is 10.0. The highest BCUT2D eigenvalue weighted by molar-refractivity contribution is 6.42. The molecule has 0 saturated heterocycles. The summed E-state index contributed by atoms with van der Waals surface area (Å²) in [6.45, 7) is 1.95. The lowest BCUT2D eigenvalue weighted by molar-refractivity contribution is 0.0990. The molecule has 0 N–H and O–H groups in total. The van der Waals surface area contributed by atoms with E-state index >= 15 is 0 Å². The third kappa shape index (κ3) is 3.14. The number of hydrogen-bond acceptors (Lipinski definition) is 2. The standard InChI is InChI=1S/C16H14Cl2O2/c1-10-6-7-12(15(8-10)20-2)14(19)9-11-4-3-5-13(17)16(11)18/h3-8H,9H2,1-2H3. The summed E-state index contributed by atoms with van der Waals surface area (Å²) < 4.78 is 5.26. The zero-order valence-corrected chi connectivity index (χ0v) is 12.8. The second-order valence-electron chi connectivity index (χ2n) is 4.52. The van der Waals surface area contributed by atoms with Crippen molar-refractivity contribution in [1.29, 1.82) is 0 Å². The Hall–Kier alpha value is -1.51. The van der Waals surface area contributed by atoms with Gasteiger partial charge in [0.05, 0.1) is 22.7 Å². The molecular formula is C16H14Cl2O2. The third-order valence-electron chi connectivity index (χ3n) is 3.04. The monoisotopic (exact) mass is 308 g/mol. The number of carbonyl (C=O) groups is 1. The first kappa shape index (κ1) is 14.9. The zero-order chi connectivity index (χ0) is 14.7. The van der Waals surface area contributed by atoms with Crippen LogP contribution in [0.4, 0.5) is 0 Å². The van der Waals surface area contributed by atoms with Gasteiger partial charge in [0.1, 0.15) is 5.75 Å². The van der Waals surface area contributed by atoms with Crippen molar-refractivity contribution in [1.82, 2.24) is 0 Å². The summed E-state index contributed by atoms with van der Waals surface area (Å²) in [7, 11) is 1.55. The van der Waals surface area contributed by atoms with E-state index in [2.05, 4.69) is 0 Å². The fourth-order valence-electron chi connectivity index (χ4n) is 1.98. The normalized spacial score (nSPS) is 10.4. The van der Waals surface area contributed by atoms with Crippen LogP contribution < -0.4 is 4.74 Å². The van der Waals surface area contributed by atoms with E-state index < -0.39 is 0 Å². The molecule has 0 amide bonds. The third-order valence-corrected chi connectivity index (χ3v) is 3.90. The summed E-state index contributed by atoms with van der Waals surface area (Å²) >= 11 is 12.1. The van der Waals surface area contributed by atoms with Crippen LogP contribution in [0, 0.1) is 6.92 Å². The van der Waals surface area contributed by atoms with Crippen molar-refractivity contribution in [2.24, 2.45) is 0 Å². The van der Waals surface area contributed by atoms with Gasteiger partial charge in [-0.2, -0.15) is 0 Å². The first-order chi connectivity index (χ1) is 9.52.